The third kappa shape index (κ3) is 3.18. The molecule has 0 spiro atoms. The minimum atomic E-state index is -0.793. The summed E-state index contributed by atoms with van der Waals surface area (Å²) in [5.74, 6) is -2.17. The molecule has 3 heterocycles. The quantitative estimate of drug-likeness (QED) is 0.237. The summed E-state index contributed by atoms with van der Waals surface area (Å²) in [4.78, 5) is 45.7. The molecule has 0 aliphatic carbocycles. The Kier molecular flexibility index (Phi) is 4.95. The zero-order valence-corrected chi connectivity index (χ0v) is 21.2. The van der Waals surface area contributed by atoms with Gasteiger partial charge in [-0.15, -0.1) is 0 Å². The summed E-state index contributed by atoms with van der Waals surface area (Å²) in [6.07, 6.45) is 3.98. The van der Waals surface area contributed by atoms with Gasteiger partial charge in [-0.25, -0.2) is 4.90 Å². The highest BCUT2D eigenvalue weighted by molar-refractivity contribution is 9.10. The first-order valence-electron chi connectivity index (χ1n) is 12.3. The van der Waals surface area contributed by atoms with Gasteiger partial charge in [-0.1, -0.05) is 94.8 Å². The predicted molar refractivity (Wildman–Crippen MR) is 147 cm³/mol. The molecular formula is C31H21BrN2O3. The van der Waals surface area contributed by atoms with E-state index in [2.05, 4.69) is 15.9 Å². The van der Waals surface area contributed by atoms with Crippen LogP contribution >= 0.6 is 15.9 Å². The van der Waals surface area contributed by atoms with Crippen molar-refractivity contribution < 1.29 is 14.4 Å². The van der Waals surface area contributed by atoms with E-state index in [4.69, 9.17) is 0 Å². The van der Waals surface area contributed by atoms with Crippen LogP contribution < -0.4 is 9.80 Å². The lowest BCUT2D eigenvalue weighted by Crippen LogP contribution is -2.48. The van der Waals surface area contributed by atoms with Crippen molar-refractivity contribution in [2.24, 2.45) is 11.8 Å². The topological polar surface area (TPSA) is 57.7 Å². The van der Waals surface area contributed by atoms with Gasteiger partial charge in [-0.05, 0) is 35.2 Å². The Balaban J connectivity index is 1.39. The van der Waals surface area contributed by atoms with Gasteiger partial charge >= 0.3 is 0 Å². The van der Waals surface area contributed by atoms with Crippen molar-refractivity contribution in [3.05, 3.63) is 113 Å². The number of hydrogen-bond donors (Lipinski definition) is 0. The van der Waals surface area contributed by atoms with Crippen molar-refractivity contribution in [2.45, 2.75) is 12.1 Å². The van der Waals surface area contributed by atoms with E-state index >= 15 is 0 Å². The van der Waals surface area contributed by atoms with Gasteiger partial charge in [0.1, 0.15) is 6.04 Å². The molecule has 3 aliphatic heterocycles. The van der Waals surface area contributed by atoms with Crippen molar-refractivity contribution in [3.8, 4) is 0 Å². The highest BCUT2D eigenvalue weighted by atomic mass is 79.9. The number of hydrogen-bond acceptors (Lipinski definition) is 4. The van der Waals surface area contributed by atoms with E-state index in [1.165, 1.54) is 4.90 Å². The van der Waals surface area contributed by atoms with Crippen LogP contribution in [0.5, 0.6) is 0 Å². The Hall–Kier alpha value is -4.03. The lowest BCUT2D eigenvalue weighted by Gasteiger charge is -2.36. The largest absolute Gasteiger partial charge is 0.352 e. The van der Waals surface area contributed by atoms with Gasteiger partial charge in [0.05, 0.1) is 23.6 Å². The van der Waals surface area contributed by atoms with Gasteiger partial charge in [0.15, 0.2) is 5.78 Å². The van der Waals surface area contributed by atoms with E-state index in [1.54, 1.807) is 12.1 Å². The fourth-order valence-corrected chi connectivity index (χ4v) is 6.50. The zero-order valence-electron chi connectivity index (χ0n) is 19.6. The first kappa shape index (κ1) is 22.2. The second-order valence-electron chi connectivity index (χ2n) is 9.69. The molecule has 3 aliphatic rings. The van der Waals surface area contributed by atoms with Crippen LogP contribution in [0.3, 0.4) is 0 Å². The molecule has 4 aromatic rings. The maximum Gasteiger partial charge on any atom is 0.240 e. The van der Waals surface area contributed by atoms with Crippen LogP contribution in [0.15, 0.2) is 102 Å². The summed E-state index contributed by atoms with van der Waals surface area (Å²) >= 11 is 3.43. The van der Waals surface area contributed by atoms with E-state index in [9.17, 15) is 14.4 Å². The number of benzene rings is 4. The van der Waals surface area contributed by atoms with Crippen LogP contribution in [0.1, 0.15) is 15.9 Å². The molecule has 2 saturated heterocycles. The first-order chi connectivity index (χ1) is 18.0. The molecule has 2 amide bonds. The molecule has 0 unspecified atom stereocenters. The molecule has 0 bridgehead atoms. The van der Waals surface area contributed by atoms with Crippen molar-refractivity contribution in [1.82, 2.24) is 0 Å². The minimum Gasteiger partial charge on any atom is -0.352 e. The molecule has 2 fully saturated rings. The summed E-state index contributed by atoms with van der Waals surface area (Å²) in [5, 5.41) is 1.79. The molecule has 0 aromatic heterocycles. The highest BCUT2D eigenvalue weighted by Crippen LogP contribution is 2.50. The van der Waals surface area contributed by atoms with Crippen LogP contribution in [0, 0.1) is 11.8 Å². The Labute approximate surface area is 222 Å². The summed E-state index contributed by atoms with van der Waals surface area (Å²) in [6, 6.07) is 27.2. The van der Waals surface area contributed by atoms with Crippen molar-refractivity contribution in [1.29, 1.82) is 0 Å². The third-order valence-corrected chi connectivity index (χ3v) is 8.35. The van der Waals surface area contributed by atoms with Gasteiger partial charge in [-0.2, -0.15) is 0 Å². The maximum atomic E-state index is 14.2. The van der Waals surface area contributed by atoms with Gasteiger partial charge in [-0.3, -0.25) is 14.4 Å². The molecule has 180 valence electrons. The van der Waals surface area contributed by atoms with Gasteiger partial charge in [0, 0.05) is 21.1 Å². The lowest BCUT2D eigenvalue weighted by molar-refractivity contribution is -0.122. The van der Waals surface area contributed by atoms with Crippen LogP contribution in [-0.2, 0) is 9.59 Å². The fraction of sp³-hybridized carbons (Fsp3) is 0.129. The summed E-state index contributed by atoms with van der Waals surface area (Å²) in [5.41, 5.74) is 2.93. The third-order valence-electron chi connectivity index (χ3n) is 7.82. The summed E-state index contributed by atoms with van der Waals surface area (Å²) in [6.45, 7) is 0. The fourth-order valence-electron chi connectivity index (χ4n) is 6.24. The van der Waals surface area contributed by atoms with Gasteiger partial charge < -0.3 is 4.90 Å². The molecular weight excluding hydrogens is 528 g/mol. The monoisotopic (exact) mass is 548 g/mol. The minimum absolute atomic E-state index is 0.156. The van der Waals surface area contributed by atoms with Gasteiger partial charge in [0.2, 0.25) is 11.8 Å². The first-order valence-corrected chi connectivity index (χ1v) is 13.0. The highest BCUT2D eigenvalue weighted by Gasteiger charge is 2.64. The molecule has 6 heteroatoms. The van der Waals surface area contributed by atoms with Crippen molar-refractivity contribution >= 4 is 61.8 Å². The molecule has 0 N–H and O–H groups in total. The molecule has 0 saturated carbocycles. The number of nitrogens with zero attached hydrogens (tertiary/aromatic N) is 2. The van der Waals surface area contributed by atoms with Crippen LogP contribution in [0.2, 0.25) is 0 Å². The molecule has 4 aromatic carbocycles. The summed E-state index contributed by atoms with van der Waals surface area (Å²) < 4.78 is 0.867. The van der Waals surface area contributed by atoms with Crippen LogP contribution in [-0.4, -0.2) is 29.7 Å². The molecule has 4 atom stereocenters. The molecule has 7 rings (SSSR count). The molecule has 5 nitrogen and oxygen atoms in total. The number of rotatable bonds is 3. The smallest absolute Gasteiger partial charge is 0.240 e. The van der Waals surface area contributed by atoms with E-state index in [0.29, 0.717) is 11.3 Å². The molecule has 37 heavy (non-hydrogen) atoms. The number of Topliss-reactive ketones (excluding diaryl/α,β-unsaturated/α-hetero) is 1. The Morgan fingerprint density at radius 1 is 0.730 bits per heavy atom. The normalized spacial score (nSPS) is 23.8. The Morgan fingerprint density at radius 3 is 2.24 bits per heavy atom. The molecule has 0 radical (unpaired) electrons. The number of ketones is 1. The van der Waals surface area contributed by atoms with E-state index in [1.807, 2.05) is 95.9 Å². The zero-order chi connectivity index (χ0) is 25.3. The van der Waals surface area contributed by atoms with Crippen molar-refractivity contribution in [2.75, 3.05) is 9.80 Å². The predicted octanol–water partition coefficient (Wildman–Crippen LogP) is 5.88. The average molecular weight is 549 g/mol. The van der Waals surface area contributed by atoms with E-state index < -0.39 is 17.9 Å². The van der Waals surface area contributed by atoms with Crippen molar-refractivity contribution in [3.63, 3.8) is 0 Å². The SMILES string of the molecule is O=C(c1ccc(Br)cc1)[C@@H]1[C@@H]2C(=O)N(c3cccc4ccccc34)C(=O)[C@@H]2[C@H]2C=Cc3ccccc3N21. The Bertz CT molecular complexity index is 1640. The second-order valence-corrected chi connectivity index (χ2v) is 10.6. The van der Waals surface area contributed by atoms with Crippen LogP contribution in [0.4, 0.5) is 11.4 Å². The number of amides is 2. The maximum absolute atomic E-state index is 14.2. The second kappa shape index (κ2) is 8.25. The van der Waals surface area contributed by atoms with E-state index in [-0.39, 0.29) is 23.6 Å². The number of fused-ring (bicyclic) bond motifs is 6. The number of imide groups is 1. The lowest BCUT2D eigenvalue weighted by atomic mass is 9.86. The van der Waals surface area contributed by atoms with Gasteiger partial charge in [0.25, 0.3) is 0 Å². The summed E-state index contributed by atoms with van der Waals surface area (Å²) in [7, 11) is 0. The van der Waals surface area contributed by atoms with Crippen LogP contribution in [0.25, 0.3) is 16.8 Å². The number of halogens is 1. The average Bonchev–Trinajstić information content (AvgIpc) is 3.41. The number of anilines is 2. The number of carbonyl (C=O) groups is 3. The number of carbonyl (C=O) groups excluding carboxylic acids is 3. The Morgan fingerprint density at radius 2 is 1.41 bits per heavy atom. The number of para-hydroxylation sites is 1. The van der Waals surface area contributed by atoms with E-state index in [0.717, 1.165) is 26.5 Å². The standard InChI is InChI=1S/C31H21BrN2O3/c32-21-15-12-20(13-16-21)29(35)28-27-26(25-17-14-19-7-2-4-10-23(19)33(25)28)30(36)34(31(27)37)24-11-5-8-18-6-1-3-9-22(18)24/h1-17,25-28H/t25-,26-,27-,28+/m1/s1.